The molecule has 27 nitrogen and oxygen atoms in total. The predicted molar refractivity (Wildman–Crippen MR) is 235 cm³/mol. The number of aliphatic hydroxyl groups is 1. The van der Waals surface area contributed by atoms with Crippen molar-refractivity contribution in [1.82, 2.24) is 5.32 Å². The van der Waals surface area contributed by atoms with E-state index in [-0.39, 0.29) is 64.5 Å². The number of nitro groups is 3. The first-order valence-corrected chi connectivity index (χ1v) is 21.5. The Bertz CT molecular complexity index is 2140. The Balaban J connectivity index is 0.000000202. The molecular formula is C43H51N5O22. The van der Waals surface area contributed by atoms with E-state index in [1.807, 2.05) is 0 Å². The maximum Gasteiger partial charge on any atom is 0.519 e. The molecule has 380 valence electrons. The van der Waals surface area contributed by atoms with Gasteiger partial charge in [0.1, 0.15) is 41.5 Å². The number of rotatable bonds is 13. The first kappa shape index (κ1) is 55.0. The number of nitrogens with one attached hydrogen (secondary N) is 1. The van der Waals surface area contributed by atoms with Gasteiger partial charge in [-0.1, -0.05) is 0 Å². The van der Waals surface area contributed by atoms with E-state index in [0.717, 1.165) is 38.7 Å². The van der Waals surface area contributed by atoms with Crippen LogP contribution in [-0.4, -0.2) is 130 Å². The summed E-state index contributed by atoms with van der Waals surface area (Å²) in [5.74, 6) is -1.20. The van der Waals surface area contributed by atoms with Crippen LogP contribution in [0.1, 0.15) is 44.9 Å². The van der Waals surface area contributed by atoms with Crippen molar-refractivity contribution in [1.29, 1.82) is 0 Å². The second-order valence-corrected chi connectivity index (χ2v) is 15.6. The Morgan fingerprint density at radius 3 is 1.23 bits per heavy atom. The molecule has 6 N–H and O–H groups in total. The van der Waals surface area contributed by atoms with E-state index in [1.165, 1.54) is 72.8 Å². The van der Waals surface area contributed by atoms with Gasteiger partial charge in [-0.2, -0.15) is 0 Å². The van der Waals surface area contributed by atoms with Crippen molar-refractivity contribution in [3.63, 3.8) is 0 Å². The Kier molecular flexibility index (Phi) is 22.0. The SMILES string of the molecule is N[C@H](C(=O)O)C1CC1.O=C(N[C@H](C(=O)O)C1CC1)OC1CCOC1.O=C(Oc1ccc([N+](=O)[O-])cc1)O[C@H]1CCOC1.O=C(Oc1ccc([N+](=O)[O-])cc1)Oc1ccc([N+](=O)[O-])cc1.O[C@H]1CCOC1. The fourth-order valence-corrected chi connectivity index (χ4v) is 5.89. The van der Waals surface area contributed by atoms with Gasteiger partial charge in [0, 0.05) is 55.8 Å². The first-order chi connectivity index (χ1) is 33.4. The lowest BCUT2D eigenvalue weighted by molar-refractivity contribution is -0.385. The van der Waals surface area contributed by atoms with E-state index < -0.39 is 57.2 Å². The van der Waals surface area contributed by atoms with Gasteiger partial charge in [0.05, 0.1) is 53.9 Å². The number of hydrogen-bond donors (Lipinski definition) is 5. The number of amides is 1. The number of carbonyl (C=O) groups is 5. The quantitative estimate of drug-likeness (QED) is 0.0656. The van der Waals surface area contributed by atoms with Crippen molar-refractivity contribution >= 4 is 47.4 Å². The van der Waals surface area contributed by atoms with Crippen LogP contribution >= 0.6 is 0 Å². The molecule has 1 unspecified atom stereocenters. The molecule has 3 saturated heterocycles. The molecule has 70 heavy (non-hydrogen) atoms. The number of hydrogen-bond acceptors (Lipinski definition) is 21. The summed E-state index contributed by atoms with van der Waals surface area (Å²) in [5.41, 5.74) is 4.87. The van der Waals surface area contributed by atoms with Gasteiger partial charge in [-0.25, -0.2) is 19.2 Å². The highest BCUT2D eigenvalue weighted by Crippen LogP contribution is 2.33. The smallest absolute Gasteiger partial charge is 0.480 e. The van der Waals surface area contributed by atoms with E-state index >= 15 is 0 Å². The molecular weight excluding hydrogens is 938 g/mol. The van der Waals surface area contributed by atoms with Crippen LogP contribution in [0.2, 0.25) is 0 Å². The number of aliphatic carboxylic acids is 2. The minimum absolute atomic E-state index is 0.0601. The van der Waals surface area contributed by atoms with Crippen LogP contribution < -0.4 is 25.3 Å². The Morgan fingerprint density at radius 2 is 0.943 bits per heavy atom. The Labute approximate surface area is 397 Å². The van der Waals surface area contributed by atoms with Crippen LogP contribution in [0.15, 0.2) is 72.8 Å². The van der Waals surface area contributed by atoms with Crippen molar-refractivity contribution in [3.05, 3.63) is 103 Å². The third-order valence-electron chi connectivity index (χ3n) is 10.0. The van der Waals surface area contributed by atoms with Gasteiger partial charge in [0.2, 0.25) is 0 Å². The largest absolute Gasteiger partial charge is 0.519 e. The number of carbonyl (C=O) groups excluding carboxylic acids is 3. The fraction of sp³-hybridized carbons (Fsp3) is 0.465. The van der Waals surface area contributed by atoms with Crippen LogP contribution in [0.5, 0.6) is 17.2 Å². The van der Waals surface area contributed by atoms with Gasteiger partial charge >= 0.3 is 30.3 Å². The average Bonchev–Trinajstić information content (AvgIpc) is 4.18. The normalized spacial score (nSPS) is 19.3. The highest BCUT2D eigenvalue weighted by Gasteiger charge is 2.38. The molecule has 3 aliphatic heterocycles. The van der Waals surface area contributed by atoms with Crippen molar-refractivity contribution in [2.75, 3.05) is 39.6 Å². The molecule has 5 atom stereocenters. The van der Waals surface area contributed by atoms with Crippen LogP contribution in [-0.2, 0) is 33.3 Å². The lowest BCUT2D eigenvalue weighted by Gasteiger charge is -2.15. The van der Waals surface area contributed by atoms with E-state index in [4.69, 9.17) is 58.9 Å². The second kappa shape index (κ2) is 28.0. The van der Waals surface area contributed by atoms with Gasteiger partial charge in [-0.05, 0) is 80.3 Å². The van der Waals surface area contributed by atoms with Crippen molar-refractivity contribution < 1.29 is 92.0 Å². The van der Waals surface area contributed by atoms with E-state index in [0.29, 0.717) is 45.9 Å². The summed E-state index contributed by atoms with van der Waals surface area (Å²) in [6, 6.07) is 13.4. The lowest BCUT2D eigenvalue weighted by atomic mass is 10.2. The molecule has 3 aromatic carbocycles. The lowest BCUT2D eigenvalue weighted by Crippen LogP contribution is -2.43. The van der Waals surface area contributed by atoms with Gasteiger partial charge < -0.3 is 64.3 Å². The maximum atomic E-state index is 11.5. The summed E-state index contributed by atoms with van der Waals surface area (Å²) in [4.78, 5) is 84.8. The van der Waals surface area contributed by atoms with Crippen LogP contribution in [0.4, 0.5) is 31.4 Å². The number of nitrogens with zero attached hydrogens (tertiary/aromatic N) is 3. The highest BCUT2D eigenvalue weighted by atomic mass is 16.7. The molecule has 5 aliphatic rings. The number of ether oxygens (including phenoxy) is 8. The second-order valence-electron chi connectivity index (χ2n) is 15.6. The third kappa shape index (κ3) is 20.7. The molecule has 5 fully saturated rings. The van der Waals surface area contributed by atoms with E-state index in [2.05, 4.69) is 5.32 Å². The Morgan fingerprint density at radius 1 is 0.557 bits per heavy atom. The molecule has 2 saturated carbocycles. The molecule has 3 aromatic rings. The number of benzene rings is 3. The van der Waals surface area contributed by atoms with Crippen molar-refractivity contribution in [2.45, 2.75) is 75.3 Å². The predicted octanol–water partition coefficient (Wildman–Crippen LogP) is 4.92. The average molecular weight is 990 g/mol. The third-order valence-corrected chi connectivity index (χ3v) is 10.0. The minimum Gasteiger partial charge on any atom is -0.480 e. The zero-order valence-electron chi connectivity index (χ0n) is 37.2. The van der Waals surface area contributed by atoms with Crippen LogP contribution in [0.25, 0.3) is 0 Å². The summed E-state index contributed by atoms with van der Waals surface area (Å²) in [5, 5.41) is 59.5. The fourth-order valence-electron chi connectivity index (χ4n) is 5.89. The van der Waals surface area contributed by atoms with Gasteiger partial charge in [0.15, 0.2) is 0 Å². The van der Waals surface area contributed by atoms with Crippen molar-refractivity contribution in [2.24, 2.45) is 17.6 Å². The summed E-state index contributed by atoms with van der Waals surface area (Å²) in [6.07, 6.45) is 2.57. The molecule has 27 heteroatoms. The van der Waals surface area contributed by atoms with Crippen LogP contribution in [0.3, 0.4) is 0 Å². The van der Waals surface area contributed by atoms with Gasteiger partial charge in [-0.15, -0.1) is 0 Å². The number of carboxylic acid groups (broad SMARTS) is 2. The number of non-ortho nitro benzene ring substituents is 3. The van der Waals surface area contributed by atoms with Gasteiger partial charge in [0.25, 0.3) is 17.1 Å². The summed E-state index contributed by atoms with van der Waals surface area (Å²) < 4.78 is 39.4. The molecule has 0 spiro atoms. The summed E-state index contributed by atoms with van der Waals surface area (Å²) >= 11 is 0. The zero-order valence-corrected chi connectivity index (χ0v) is 37.2. The van der Waals surface area contributed by atoms with Gasteiger partial charge in [-0.3, -0.25) is 35.1 Å². The standard InChI is InChI=1S/C13H8N2O7.C11H11NO6.C10H15NO5.C5H9NO2.C4H8O2/c16-13(21-11-5-1-9(2-6-11)14(17)18)22-12-7-3-10(4-8-12)15(19)20;13-11(18-10-5-6-16-7-10)17-9-3-1-8(2-4-9)12(14)15;12-9(13)8(6-1-2-6)11-10(14)16-7-3-4-15-5-7;6-4(5(7)8)3-1-2-3;5-4-1-2-6-3-4/h1-8H;1-4,10H,5-7H2;6-8H,1-5H2,(H,11,14)(H,12,13);3-4H,1-2,6H2,(H,7,8);4-5H,1-3H2/t;10-;7?,8-;2*4-/m.0000/s1. The number of alkyl carbamates (subject to hydrolysis) is 1. The van der Waals surface area contributed by atoms with Crippen molar-refractivity contribution in [3.8, 4) is 17.2 Å². The number of nitro benzene ring substituents is 3. The number of aliphatic hydroxyl groups excluding tert-OH is 1. The Hall–Kier alpha value is -7.59. The number of carboxylic acids is 2. The molecule has 0 bridgehead atoms. The van der Waals surface area contributed by atoms with E-state index in [1.54, 1.807) is 0 Å². The number of nitrogens with two attached hydrogens (primary N) is 1. The molecule has 2 aliphatic carbocycles. The first-order valence-electron chi connectivity index (χ1n) is 21.5. The topological polar surface area (TPSA) is 387 Å². The monoisotopic (exact) mass is 989 g/mol. The minimum atomic E-state index is -1.07. The highest BCUT2D eigenvalue weighted by molar-refractivity contribution is 5.80. The zero-order chi connectivity index (χ0) is 51.2. The molecule has 3 heterocycles. The van der Waals surface area contributed by atoms with E-state index in [9.17, 15) is 54.3 Å². The summed E-state index contributed by atoms with van der Waals surface area (Å²) in [7, 11) is 0. The molecule has 8 rings (SSSR count). The molecule has 0 aromatic heterocycles. The molecule has 0 radical (unpaired) electrons. The molecule has 1 amide bonds. The summed E-state index contributed by atoms with van der Waals surface area (Å²) in [6.45, 7) is 3.20. The maximum absolute atomic E-state index is 11.5. The van der Waals surface area contributed by atoms with Crippen LogP contribution in [0, 0.1) is 42.2 Å².